The molecule has 76 heavy (non-hydrogen) atoms. The van der Waals surface area contributed by atoms with Gasteiger partial charge in [0.05, 0.1) is 65.2 Å². The molecule has 3 saturated heterocycles. The van der Waals surface area contributed by atoms with Gasteiger partial charge in [0.2, 0.25) is 17.7 Å². The van der Waals surface area contributed by atoms with Crippen LogP contribution in [-0.2, 0) is 31.7 Å². The summed E-state index contributed by atoms with van der Waals surface area (Å²) in [6.45, 7) is 20.0. The predicted molar refractivity (Wildman–Crippen MR) is 282 cm³/mol. The monoisotopic (exact) mass is 1070 g/mol. The zero-order valence-electron chi connectivity index (χ0n) is 44.6. The number of aliphatic hydroxyl groups is 1. The molecule has 4 aromatic rings. The highest BCUT2D eigenvalue weighted by molar-refractivity contribution is 7.13. The van der Waals surface area contributed by atoms with Crippen molar-refractivity contribution in [3.63, 3.8) is 0 Å². The number of aromatic nitrogens is 1. The van der Waals surface area contributed by atoms with Crippen LogP contribution in [0.2, 0.25) is 0 Å². The summed E-state index contributed by atoms with van der Waals surface area (Å²) >= 11 is 1.57. The first kappa shape index (κ1) is 56.3. The minimum Gasteiger partial charge on any atom is -0.489 e. The summed E-state index contributed by atoms with van der Waals surface area (Å²) in [5, 5.41) is 29.4. The van der Waals surface area contributed by atoms with Crippen molar-refractivity contribution in [2.75, 3.05) is 59.0 Å². The second-order valence-corrected chi connectivity index (χ2v) is 24.1. The van der Waals surface area contributed by atoms with Crippen molar-refractivity contribution in [3.05, 3.63) is 106 Å². The molecule has 1 aromatic heterocycles. The van der Waals surface area contributed by atoms with Crippen LogP contribution in [0.3, 0.4) is 0 Å². The Bertz CT molecular complexity index is 2760. The van der Waals surface area contributed by atoms with Gasteiger partial charge in [0, 0.05) is 67.5 Å². The largest absolute Gasteiger partial charge is 0.489 e. The average Bonchev–Trinajstić information content (AvgIpc) is 3.98. The summed E-state index contributed by atoms with van der Waals surface area (Å²) in [4.78, 5) is 67.1. The topological polar surface area (TPSA) is 189 Å². The number of hydrogen-bond donors (Lipinski definition) is 4. The summed E-state index contributed by atoms with van der Waals surface area (Å²) in [6, 6.07) is 17.9. The van der Waals surface area contributed by atoms with Crippen molar-refractivity contribution in [1.82, 2.24) is 35.6 Å². The van der Waals surface area contributed by atoms with Crippen LogP contribution in [0.5, 0.6) is 5.75 Å². The second kappa shape index (κ2) is 22.6. The van der Waals surface area contributed by atoms with Crippen molar-refractivity contribution in [3.8, 4) is 22.3 Å². The van der Waals surface area contributed by atoms with Crippen molar-refractivity contribution in [2.24, 2.45) is 22.2 Å². The van der Waals surface area contributed by atoms with E-state index in [-0.39, 0.29) is 61.0 Å². The summed E-state index contributed by atoms with van der Waals surface area (Å²) in [7, 11) is 0. The standard InChI is InChI=1S/C57H71F3N8O7S/c1-34-47(76-33-62-34)37-17-15-36(16-18-37)46(40-31-74-32-40)64-50(72)44-26-41(69)29-68(44)51(73)48(54(2,3)4)63-45(70)30-67-24-22-66(23-25-67)21-9-10-35-11-13-38(14-12-35)49(71)65-52-55(5,6)53(56(52,7)8)75-42-20-19-39(28-61)43(27-42)57(58,59)60/h11-20,27,33,40-41,44,46,48,52-53,69H,9-10,21-26,29-32H2,1-8H3,(H,63,70)(H,64,72)(H,65,71)/t41-,44+,46-,48-,52?,53?/m1/s1. The van der Waals surface area contributed by atoms with Gasteiger partial charge in [0.25, 0.3) is 5.91 Å². The van der Waals surface area contributed by atoms with E-state index in [1.54, 1.807) is 29.5 Å². The van der Waals surface area contributed by atoms with Gasteiger partial charge >= 0.3 is 6.18 Å². The van der Waals surface area contributed by atoms with E-state index in [9.17, 15) is 42.7 Å². The number of hydrogen-bond acceptors (Lipinski definition) is 12. The lowest BCUT2D eigenvalue weighted by atomic mass is 9.49. The Balaban J connectivity index is 0.777. The molecule has 0 bridgehead atoms. The van der Waals surface area contributed by atoms with Gasteiger partial charge in [-0.25, -0.2) is 4.98 Å². The van der Waals surface area contributed by atoms with Crippen molar-refractivity contribution < 1.29 is 46.9 Å². The summed E-state index contributed by atoms with van der Waals surface area (Å²) in [5.41, 5.74) is 2.84. The third kappa shape index (κ3) is 12.4. The van der Waals surface area contributed by atoms with E-state index in [1.807, 2.05) is 97.3 Å². The lowest BCUT2D eigenvalue weighted by molar-refractivity contribution is -0.164. The van der Waals surface area contributed by atoms with E-state index in [4.69, 9.17) is 9.47 Å². The van der Waals surface area contributed by atoms with Crippen LogP contribution in [0.15, 0.2) is 72.2 Å². The van der Waals surface area contributed by atoms with Crippen LogP contribution in [0, 0.1) is 40.4 Å². The van der Waals surface area contributed by atoms with Gasteiger partial charge in [0.1, 0.15) is 23.9 Å². The SMILES string of the molecule is Cc1ncsc1-c1ccc([C@@H](NC(=O)[C@@H]2C[C@@H](O)CN2C(=O)[C@@H](NC(=O)CN2CCN(CCCc3ccc(C(=O)NC4C(C)(C)C(Oc5ccc(C#N)c(C(F)(F)F)c5)C4(C)C)cc3)CC2)C(C)(C)C)C2COC2)cc1. The molecule has 3 aromatic carbocycles. The number of nitrogens with one attached hydrogen (secondary N) is 3. The van der Waals surface area contributed by atoms with Gasteiger partial charge in [0.15, 0.2) is 0 Å². The molecule has 1 saturated carbocycles. The molecule has 4 N–H and O–H groups in total. The molecule has 1 aliphatic carbocycles. The number of nitrogens with zero attached hydrogens (tertiary/aromatic N) is 5. The zero-order chi connectivity index (χ0) is 54.9. The molecule has 4 heterocycles. The van der Waals surface area contributed by atoms with Gasteiger partial charge < -0.3 is 40.3 Å². The number of benzene rings is 3. The maximum absolute atomic E-state index is 14.4. The van der Waals surface area contributed by atoms with E-state index in [1.165, 1.54) is 11.0 Å². The number of ether oxygens (including phenoxy) is 2. The van der Waals surface area contributed by atoms with Crippen molar-refractivity contribution in [2.45, 2.75) is 117 Å². The number of likely N-dealkylation sites (tertiary alicyclic amines) is 1. The molecule has 4 fully saturated rings. The molecule has 4 aliphatic rings. The zero-order valence-corrected chi connectivity index (χ0v) is 45.4. The molecule has 0 spiro atoms. The molecule has 15 nitrogen and oxygen atoms in total. The molecule has 3 aliphatic heterocycles. The van der Waals surface area contributed by atoms with Crippen LogP contribution in [0.4, 0.5) is 13.2 Å². The third-order valence-corrected chi connectivity index (χ3v) is 16.7. The van der Waals surface area contributed by atoms with E-state index in [2.05, 4.69) is 30.7 Å². The number of halogens is 3. The molecule has 0 unspecified atom stereocenters. The van der Waals surface area contributed by atoms with Crippen molar-refractivity contribution >= 4 is 35.0 Å². The Hall–Kier alpha value is -5.91. The number of carbonyl (C=O) groups excluding carboxylic acids is 4. The average molecular weight is 1070 g/mol. The van der Waals surface area contributed by atoms with Crippen LogP contribution in [0.25, 0.3) is 10.4 Å². The highest BCUT2D eigenvalue weighted by Crippen LogP contribution is 2.56. The van der Waals surface area contributed by atoms with E-state index < -0.39 is 63.7 Å². The highest BCUT2D eigenvalue weighted by Gasteiger charge is 2.64. The number of rotatable bonds is 17. The molecule has 4 amide bonds. The number of amides is 4. The molecule has 8 rings (SSSR count). The summed E-state index contributed by atoms with van der Waals surface area (Å²) in [6.07, 6.45) is -4.36. The number of nitriles is 1. The Kier molecular flexibility index (Phi) is 16.7. The quantitative estimate of drug-likeness (QED) is 0.0840. The number of carbonyl (C=O) groups is 4. The van der Waals surface area contributed by atoms with Gasteiger partial charge in [-0.2, -0.15) is 18.4 Å². The lowest BCUT2D eigenvalue weighted by Gasteiger charge is -2.63. The van der Waals surface area contributed by atoms with Gasteiger partial charge in [-0.15, -0.1) is 11.3 Å². The van der Waals surface area contributed by atoms with E-state index in [0.29, 0.717) is 31.9 Å². The maximum Gasteiger partial charge on any atom is 0.417 e. The molecule has 0 radical (unpaired) electrons. The number of aliphatic hydroxyl groups excluding tert-OH is 1. The minimum absolute atomic E-state index is 0.00724. The minimum atomic E-state index is -4.71. The predicted octanol–water partition coefficient (Wildman–Crippen LogP) is 7.17. The van der Waals surface area contributed by atoms with E-state index >= 15 is 0 Å². The van der Waals surface area contributed by atoms with Gasteiger partial charge in [-0.05, 0) is 78.7 Å². The van der Waals surface area contributed by atoms with Crippen LogP contribution in [0.1, 0.15) is 106 Å². The van der Waals surface area contributed by atoms with E-state index in [0.717, 1.165) is 71.9 Å². The number of thiazole rings is 1. The van der Waals surface area contributed by atoms with Crippen LogP contribution >= 0.6 is 11.3 Å². The molecule has 408 valence electrons. The highest BCUT2D eigenvalue weighted by atomic mass is 32.1. The molecule has 19 heteroatoms. The Morgan fingerprint density at radius 2 is 1.59 bits per heavy atom. The third-order valence-electron chi connectivity index (χ3n) is 15.8. The lowest BCUT2D eigenvalue weighted by Crippen LogP contribution is -2.74. The van der Waals surface area contributed by atoms with Crippen LogP contribution < -0.4 is 20.7 Å². The normalized spacial score (nSPS) is 22.6. The molecular formula is C57H71F3N8O7S. The fourth-order valence-electron chi connectivity index (χ4n) is 11.7. The van der Waals surface area contributed by atoms with Crippen LogP contribution in [-0.4, -0.2) is 138 Å². The second-order valence-electron chi connectivity index (χ2n) is 23.2. The molecule has 4 atom stereocenters. The maximum atomic E-state index is 14.4. The Morgan fingerprint density at radius 3 is 2.17 bits per heavy atom. The van der Waals surface area contributed by atoms with Gasteiger partial charge in [-0.3, -0.25) is 24.1 Å². The smallest absolute Gasteiger partial charge is 0.417 e. The Labute approximate surface area is 447 Å². The first-order chi connectivity index (χ1) is 35.8. The summed E-state index contributed by atoms with van der Waals surface area (Å²) in [5.74, 6) is -1.26. The van der Waals surface area contributed by atoms with Crippen molar-refractivity contribution in [1.29, 1.82) is 5.26 Å². The van der Waals surface area contributed by atoms with Gasteiger partial charge in [-0.1, -0.05) is 84.9 Å². The fourth-order valence-corrected chi connectivity index (χ4v) is 12.5. The number of piperazine rings is 1. The fraction of sp³-hybridized carbons (Fsp3) is 0.544. The first-order valence-corrected chi connectivity index (χ1v) is 27.0. The Morgan fingerprint density at radius 1 is 0.934 bits per heavy atom. The number of β-amino-alcohol motifs (C(OH)–C–C–N with tert-alkyl or cyclic N) is 1. The molecular weight excluding hydrogens is 998 g/mol. The number of alkyl halides is 3. The summed E-state index contributed by atoms with van der Waals surface area (Å²) < 4.78 is 52.6. The number of aryl methyl sites for hydroxylation is 2. The first-order valence-electron chi connectivity index (χ1n) is 26.1.